The van der Waals surface area contributed by atoms with Gasteiger partial charge >= 0.3 is 5.97 Å². The van der Waals surface area contributed by atoms with E-state index in [1.807, 2.05) is 13.8 Å². The van der Waals surface area contributed by atoms with Gasteiger partial charge in [-0.05, 0) is 57.2 Å². The van der Waals surface area contributed by atoms with Crippen LogP contribution < -0.4 is 10.2 Å². The van der Waals surface area contributed by atoms with Crippen molar-refractivity contribution in [1.82, 2.24) is 14.8 Å². The molecule has 1 saturated carbocycles. The molecule has 9 nitrogen and oxygen atoms in total. The molecule has 32 heavy (non-hydrogen) atoms. The highest BCUT2D eigenvalue weighted by molar-refractivity contribution is 5.95. The van der Waals surface area contributed by atoms with E-state index in [-0.39, 0.29) is 11.7 Å². The number of hydrogen-bond donors (Lipinski definition) is 1. The molecule has 2 fully saturated rings. The number of esters is 1. The van der Waals surface area contributed by atoms with Gasteiger partial charge in [0.15, 0.2) is 18.1 Å². The summed E-state index contributed by atoms with van der Waals surface area (Å²) in [4.78, 5) is 27.0. The number of rotatable bonds is 6. The van der Waals surface area contributed by atoms with Crippen molar-refractivity contribution in [3.8, 4) is 6.07 Å². The number of amides is 1. The summed E-state index contributed by atoms with van der Waals surface area (Å²) >= 11 is 0. The lowest BCUT2D eigenvalue weighted by Crippen LogP contribution is -2.24. The van der Waals surface area contributed by atoms with Crippen LogP contribution in [-0.4, -0.2) is 46.3 Å². The Kier molecular flexibility index (Phi) is 6.40. The van der Waals surface area contributed by atoms with E-state index in [0.29, 0.717) is 11.4 Å². The zero-order chi connectivity index (χ0) is 22.7. The van der Waals surface area contributed by atoms with Crippen LogP contribution in [0.2, 0.25) is 0 Å². The third-order valence-electron chi connectivity index (χ3n) is 6.44. The molecule has 168 valence electrons. The zero-order valence-corrected chi connectivity index (χ0v) is 18.6. The Morgan fingerprint density at radius 1 is 1.16 bits per heavy atom. The van der Waals surface area contributed by atoms with Gasteiger partial charge in [0.25, 0.3) is 5.91 Å². The fraction of sp³-hybridized carbons (Fsp3) is 0.522. The molecule has 0 atom stereocenters. The minimum atomic E-state index is -0.709. The van der Waals surface area contributed by atoms with E-state index >= 15 is 0 Å². The number of anilines is 2. The third-order valence-corrected chi connectivity index (χ3v) is 6.44. The summed E-state index contributed by atoms with van der Waals surface area (Å²) in [6.07, 6.45) is 6.54. The molecule has 0 spiro atoms. The van der Waals surface area contributed by atoms with Crippen molar-refractivity contribution in [3.63, 3.8) is 0 Å². The van der Waals surface area contributed by atoms with Gasteiger partial charge in [0.1, 0.15) is 11.9 Å². The number of nitriles is 1. The average Bonchev–Trinajstić information content (AvgIpc) is 3.55. The number of aromatic nitrogens is 3. The largest absolute Gasteiger partial charge is 0.451 e. The van der Waals surface area contributed by atoms with Crippen molar-refractivity contribution in [1.29, 1.82) is 5.26 Å². The smallest absolute Gasteiger partial charge is 0.359 e. The molecule has 3 heterocycles. The molecule has 2 aliphatic rings. The number of nitrogens with one attached hydrogen (secondary N) is 1. The molecule has 1 N–H and O–H groups in total. The summed E-state index contributed by atoms with van der Waals surface area (Å²) < 4.78 is 7.20. The molecule has 0 unspecified atom stereocenters. The molecule has 1 amide bonds. The summed E-state index contributed by atoms with van der Waals surface area (Å²) in [5.41, 5.74) is 2.35. The monoisotopic (exact) mass is 436 g/mol. The Morgan fingerprint density at radius 3 is 2.50 bits per heavy atom. The fourth-order valence-electron chi connectivity index (χ4n) is 4.63. The lowest BCUT2D eigenvalue weighted by atomic mass is 10.2. The molecule has 0 aromatic carbocycles. The molecule has 1 saturated heterocycles. The number of nitrogens with zero attached hydrogens (tertiary/aromatic N) is 5. The number of carbonyl (C=O) groups is 2. The molecule has 1 aliphatic heterocycles. The highest BCUT2D eigenvalue weighted by Crippen LogP contribution is 2.37. The van der Waals surface area contributed by atoms with Crippen LogP contribution in [0, 0.1) is 25.2 Å². The van der Waals surface area contributed by atoms with Crippen LogP contribution in [0.15, 0.2) is 12.1 Å². The van der Waals surface area contributed by atoms with Crippen LogP contribution in [0.3, 0.4) is 0 Å². The van der Waals surface area contributed by atoms with Crippen LogP contribution in [0.1, 0.15) is 71.9 Å². The van der Waals surface area contributed by atoms with E-state index in [1.54, 1.807) is 12.1 Å². The highest BCUT2D eigenvalue weighted by Gasteiger charge is 2.27. The summed E-state index contributed by atoms with van der Waals surface area (Å²) in [5.74, 6) is 0.0253. The standard InChI is InChI=1S/C23H28N6O3/c1-15-16(2)29(17-7-3-4-8-17)22(18(15)13-24)25-21(30)14-32-23(31)19-9-10-20(27-26-19)28-11-5-6-12-28/h9-10,17H,3-8,11-12,14H2,1-2H3,(H,25,30). The van der Waals surface area contributed by atoms with E-state index in [2.05, 4.69) is 31.1 Å². The maximum Gasteiger partial charge on any atom is 0.359 e. The van der Waals surface area contributed by atoms with Crippen molar-refractivity contribution in [3.05, 3.63) is 34.6 Å². The van der Waals surface area contributed by atoms with Gasteiger partial charge in [-0.15, -0.1) is 10.2 Å². The van der Waals surface area contributed by atoms with Crippen molar-refractivity contribution in [2.45, 2.75) is 58.4 Å². The van der Waals surface area contributed by atoms with Gasteiger partial charge in [0.05, 0.1) is 5.56 Å². The second-order valence-corrected chi connectivity index (χ2v) is 8.45. The Labute approximate surface area is 187 Å². The van der Waals surface area contributed by atoms with Gasteiger partial charge < -0.3 is 19.5 Å². The first kappa shape index (κ1) is 21.8. The predicted molar refractivity (Wildman–Crippen MR) is 119 cm³/mol. The van der Waals surface area contributed by atoms with E-state index in [4.69, 9.17) is 4.74 Å². The Bertz CT molecular complexity index is 1040. The number of ether oxygens (including phenoxy) is 1. The van der Waals surface area contributed by atoms with Crippen LogP contribution in [0.5, 0.6) is 0 Å². The van der Waals surface area contributed by atoms with Crippen LogP contribution in [0.25, 0.3) is 0 Å². The summed E-state index contributed by atoms with van der Waals surface area (Å²) in [5, 5.41) is 20.5. The molecule has 2 aromatic rings. The van der Waals surface area contributed by atoms with E-state index in [0.717, 1.165) is 68.7 Å². The SMILES string of the molecule is Cc1c(C#N)c(NC(=O)COC(=O)c2ccc(N3CCCC3)nn2)n(C2CCCC2)c1C. The predicted octanol–water partition coefficient (Wildman–Crippen LogP) is 3.28. The van der Waals surface area contributed by atoms with Crippen molar-refractivity contribution in [2.24, 2.45) is 0 Å². The summed E-state index contributed by atoms with van der Waals surface area (Å²) in [6, 6.07) is 5.78. The maximum absolute atomic E-state index is 12.6. The van der Waals surface area contributed by atoms with Crippen LogP contribution in [0.4, 0.5) is 11.6 Å². The molecule has 0 radical (unpaired) electrons. The van der Waals surface area contributed by atoms with Crippen molar-refractivity contribution < 1.29 is 14.3 Å². The topological polar surface area (TPSA) is 113 Å². The lowest BCUT2D eigenvalue weighted by molar-refractivity contribution is -0.119. The van der Waals surface area contributed by atoms with Gasteiger partial charge in [-0.1, -0.05) is 12.8 Å². The van der Waals surface area contributed by atoms with Gasteiger partial charge in [-0.2, -0.15) is 5.26 Å². The zero-order valence-electron chi connectivity index (χ0n) is 18.6. The van der Waals surface area contributed by atoms with Gasteiger partial charge in [-0.25, -0.2) is 4.79 Å². The van der Waals surface area contributed by atoms with Gasteiger partial charge in [0, 0.05) is 24.8 Å². The van der Waals surface area contributed by atoms with Crippen molar-refractivity contribution >= 4 is 23.5 Å². The van der Waals surface area contributed by atoms with Crippen LogP contribution in [-0.2, 0) is 9.53 Å². The molecule has 0 bridgehead atoms. The van der Waals surface area contributed by atoms with Gasteiger partial charge in [0.2, 0.25) is 0 Å². The molecule has 9 heteroatoms. The van der Waals surface area contributed by atoms with E-state index < -0.39 is 18.5 Å². The molecule has 4 rings (SSSR count). The van der Waals surface area contributed by atoms with Crippen molar-refractivity contribution in [2.75, 3.05) is 29.9 Å². The molecular weight excluding hydrogens is 408 g/mol. The Morgan fingerprint density at radius 2 is 1.88 bits per heavy atom. The lowest BCUT2D eigenvalue weighted by Gasteiger charge is -2.19. The first-order valence-corrected chi connectivity index (χ1v) is 11.2. The minimum absolute atomic E-state index is 0.0551. The first-order valence-electron chi connectivity index (χ1n) is 11.2. The quantitative estimate of drug-likeness (QED) is 0.691. The molecule has 2 aromatic heterocycles. The van der Waals surface area contributed by atoms with E-state index in [9.17, 15) is 14.9 Å². The normalized spacial score (nSPS) is 16.2. The van der Waals surface area contributed by atoms with Gasteiger partial charge in [-0.3, -0.25) is 4.79 Å². The number of carbonyl (C=O) groups excluding carboxylic acids is 2. The Hall–Kier alpha value is -3.41. The maximum atomic E-state index is 12.6. The first-order chi connectivity index (χ1) is 15.5. The summed E-state index contributed by atoms with van der Waals surface area (Å²) in [7, 11) is 0. The Balaban J connectivity index is 1.40. The highest BCUT2D eigenvalue weighted by atomic mass is 16.5. The average molecular weight is 437 g/mol. The van der Waals surface area contributed by atoms with Crippen LogP contribution >= 0.6 is 0 Å². The second kappa shape index (κ2) is 9.39. The minimum Gasteiger partial charge on any atom is -0.451 e. The third kappa shape index (κ3) is 4.31. The molecular formula is C23H28N6O3. The number of hydrogen-bond acceptors (Lipinski definition) is 7. The summed E-state index contributed by atoms with van der Waals surface area (Å²) in [6.45, 7) is 5.26. The van der Waals surface area contributed by atoms with E-state index in [1.165, 1.54) is 0 Å². The fourth-order valence-corrected chi connectivity index (χ4v) is 4.63. The second-order valence-electron chi connectivity index (χ2n) is 8.45. The molecule has 1 aliphatic carbocycles.